The first-order chi connectivity index (χ1) is 10.6. The third kappa shape index (κ3) is 4.55. The fraction of sp³-hybridized carbons (Fsp3) is 0.222. The van der Waals surface area contributed by atoms with Gasteiger partial charge in [-0.2, -0.15) is 0 Å². The van der Waals surface area contributed by atoms with Gasteiger partial charge in [-0.1, -0.05) is 18.2 Å². The number of ether oxygens (including phenoxy) is 1. The predicted molar refractivity (Wildman–Crippen MR) is 95.9 cm³/mol. The molecule has 2 aromatic carbocycles. The second kappa shape index (κ2) is 7.92. The van der Waals surface area contributed by atoms with E-state index in [1.54, 1.807) is 7.11 Å². The summed E-state index contributed by atoms with van der Waals surface area (Å²) in [6.07, 6.45) is 2.98. The van der Waals surface area contributed by atoms with Crippen LogP contribution in [-0.4, -0.2) is 18.1 Å². The molecule has 0 aliphatic heterocycles. The standard InChI is InChI=1S/C11H14N2.C7H8OS/c1-8(12)6-9-7-13-11-5-3-2-4-10(9)11;1-8-6-2-4-7(9)5-3-6/h2-5,7-8,13H,6,12H2,1H3;2-5,9H,1H3. The Kier molecular flexibility index (Phi) is 5.92. The molecule has 0 fully saturated rings. The lowest BCUT2D eigenvalue weighted by atomic mass is 10.1. The molecule has 0 radical (unpaired) electrons. The van der Waals surface area contributed by atoms with Crippen LogP contribution in [0, 0.1) is 0 Å². The third-order valence-corrected chi connectivity index (χ3v) is 3.59. The fourth-order valence-electron chi connectivity index (χ4n) is 2.23. The molecule has 0 spiro atoms. The van der Waals surface area contributed by atoms with E-state index in [-0.39, 0.29) is 6.04 Å². The second-order valence-electron chi connectivity index (χ2n) is 5.24. The number of aromatic nitrogens is 1. The van der Waals surface area contributed by atoms with Crippen molar-refractivity contribution in [3.63, 3.8) is 0 Å². The van der Waals surface area contributed by atoms with E-state index in [0.717, 1.165) is 17.1 Å². The van der Waals surface area contributed by atoms with Crippen molar-refractivity contribution in [1.82, 2.24) is 4.98 Å². The molecule has 1 atom stereocenters. The lowest BCUT2D eigenvalue weighted by Crippen LogP contribution is -2.17. The molecule has 3 rings (SSSR count). The van der Waals surface area contributed by atoms with Crippen LogP contribution < -0.4 is 10.5 Å². The summed E-state index contributed by atoms with van der Waals surface area (Å²) < 4.78 is 4.94. The van der Waals surface area contributed by atoms with E-state index >= 15 is 0 Å². The molecule has 0 saturated carbocycles. The van der Waals surface area contributed by atoms with Crippen molar-refractivity contribution in [2.45, 2.75) is 24.3 Å². The molecule has 0 bridgehead atoms. The first-order valence-corrected chi connectivity index (χ1v) is 7.68. The van der Waals surface area contributed by atoms with Gasteiger partial charge in [0.15, 0.2) is 0 Å². The number of aromatic amines is 1. The quantitative estimate of drug-likeness (QED) is 0.639. The second-order valence-corrected chi connectivity index (χ2v) is 5.76. The number of nitrogens with one attached hydrogen (secondary N) is 1. The minimum atomic E-state index is 0.221. The molecule has 1 heterocycles. The Hall–Kier alpha value is -1.91. The average Bonchev–Trinajstić information content (AvgIpc) is 2.91. The van der Waals surface area contributed by atoms with Crippen molar-refractivity contribution in [3.05, 3.63) is 60.3 Å². The van der Waals surface area contributed by atoms with Crippen LogP contribution in [0.2, 0.25) is 0 Å². The van der Waals surface area contributed by atoms with Crippen molar-refractivity contribution in [2.75, 3.05) is 7.11 Å². The highest BCUT2D eigenvalue weighted by molar-refractivity contribution is 7.80. The van der Waals surface area contributed by atoms with Gasteiger partial charge >= 0.3 is 0 Å². The van der Waals surface area contributed by atoms with E-state index in [2.05, 4.69) is 35.8 Å². The molecule has 3 N–H and O–H groups in total. The average molecular weight is 314 g/mol. The van der Waals surface area contributed by atoms with E-state index in [4.69, 9.17) is 10.5 Å². The summed E-state index contributed by atoms with van der Waals surface area (Å²) >= 11 is 4.11. The summed E-state index contributed by atoms with van der Waals surface area (Å²) in [5.74, 6) is 0.868. The number of H-pyrrole nitrogens is 1. The van der Waals surface area contributed by atoms with Crippen molar-refractivity contribution in [3.8, 4) is 5.75 Å². The van der Waals surface area contributed by atoms with Gasteiger partial charge in [0, 0.05) is 28.0 Å². The van der Waals surface area contributed by atoms with Crippen molar-refractivity contribution < 1.29 is 4.74 Å². The molecule has 0 aliphatic rings. The summed E-state index contributed by atoms with van der Waals surface area (Å²) in [5, 5.41) is 1.29. The van der Waals surface area contributed by atoms with E-state index in [1.165, 1.54) is 16.5 Å². The first kappa shape index (κ1) is 16.5. The lowest BCUT2D eigenvalue weighted by Gasteiger charge is -2.02. The lowest BCUT2D eigenvalue weighted by molar-refractivity contribution is 0.414. The zero-order valence-corrected chi connectivity index (χ0v) is 13.8. The number of benzene rings is 2. The van der Waals surface area contributed by atoms with Gasteiger partial charge in [0.1, 0.15) is 5.75 Å². The van der Waals surface area contributed by atoms with Gasteiger partial charge in [0.25, 0.3) is 0 Å². The molecule has 3 nitrogen and oxygen atoms in total. The molecule has 3 aromatic rings. The van der Waals surface area contributed by atoms with Gasteiger partial charge in [-0.3, -0.25) is 0 Å². The predicted octanol–water partition coefficient (Wildman–Crippen LogP) is 4.04. The zero-order chi connectivity index (χ0) is 15.9. The summed E-state index contributed by atoms with van der Waals surface area (Å²) in [6.45, 7) is 2.03. The zero-order valence-electron chi connectivity index (χ0n) is 12.9. The fourth-order valence-corrected chi connectivity index (χ4v) is 2.38. The number of fused-ring (bicyclic) bond motifs is 1. The summed E-state index contributed by atoms with van der Waals surface area (Å²) in [5.41, 5.74) is 8.26. The molecular formula is C18H22N2OS. The number of hydrogen-bond acceptors (Lipinski definition) is 3. The van der Waals surface area contributed by atoms with E-state index in [9.17, 15) is 0 Å². The van der Waals surface area contributed by atoms with Crippen molar-refractivity contribution >= 4 is 23.5 Å². The Bertz CT molecular complexity index is 704. The molecule has 0 aliphatic carbocycles. The topological polar surface area (TPSA) is 51.0 Å². The maximum Gasteiger partial charge on any atom is 0.118 e. The Labute approximate surface area is 136 Å². The van der Waals surface area contributed by atoms with Crippen LogP contribution in [0.1, 0.15) is 12.5 Å². The Balaban J connectivity index is 0.000000172. The highest BCUT2D eigenvalue weighted by Gasteiger charge is 2.04. The highest BCUT2D eigenvalue weighted by atomic mass is 32.1. The maximum absolute atomic E-state index is 5.76. The molecular weight excluding hydrogens is 292 g/mol. The third-order valence-electron chi connectivity index (χ3n) is 3.29. The normalized spacial score (nSPS) is 11.6. The van der Waals surface area contributed by atoms with Crippen LogP contribution in [0.5, 0.6) is 5.75 Å². The first-order valence-electron chi connectivity index (χ1n) is 7.23. The summed E-state index contributed by atoms with van der Waals surface area (Å²) in [4.78, 5) is 4.19. The minimum absolute atomic E-state index is 0.221. The van der Waals surface area contributed by atoms with E-state index in [0.29, 0.717) is 0 Å². The molecule has 1 aromatic heterocycles. The van der Waals surface area contributed by atoms with Gasteiger partial charge in [-0.25, -0.2) is 0 Å². The van der Waals surface area contributed by atoms with Crippen LogP contribution in [0.3, 0.4) is 0 Å². The van der Waals surface area contributed by atoms with Gasteiger partial charge in [-0.05, 0) is 49.2 Å². The Morgan fingerprint density at radius 3 is 2.45 bits per heavy atom. The van der Waals surface area contributed by atoms with Gasteiger partial charge < -0.3 is 15.5 Å². The molecule has 4 heteroatoms. The highest BCUT2D eigenvalue weighted by Crippen LogP contribution is 2.18. The van der Waals surface area contributed by atoms with Crippen LogP contribution in [-0.2, 0) is 6.42 Å². The van der Waals surface area contributed by atoms with Crippen LogP contribution in [0.15, 0.2) is 59.6 Å². The SMILES string of the molecule is CC(N)Cc1c[nH]c2ccccc12.COc1ccc(S)cc1. The van der Waals surface area contributed by atoms with Crippen LogP contribution in [0.4, 0.5) is 0 Å². The molecule has 116 valence electrons. The van der Waals surface area contributed by atoms with Gasteiger partial charge in [0.2, 0.25) is 0 Å². The van der Waals surface area contributed by atoms with Gasteiger partial charge in [-0.15, -0.1) is 12.6 Å². The van der Waals surface area contributed by atoms with Crippen molar-refractivity contribution in [1.29, 1.82) is 0 Å². The van der Waals surface area contributed by atoms with Crippen molar-refractivity contribution in [2.24, 2.45) is 5.73 Å². The van der Waals surface area contributed by atoms with Crippen LogP contribution in [0.25, 0.3) is 10.9 Å². The Morgan fingerprint density at radius 2 is 1.82 bits per heavy atom. The molecule has 1 unspecified atom stereocenters. The molecule has 0 amide bonds. The van der Waals surface area contributed by atoms with Crippen LogP contribution >= 0.6 is 12.6 Å². The van der Waals surface area contributed by atoms with Gasteiger partial charge in [0.05, 0.1) is 7.11 Å². The minimum Gasteiger partial charge on any atom is -0.497 e. The largest absolute Gasteiger partial charge is 0.497 e. The number of hydrogen-bond donors (Lipinski definition) is 3. The van der Waals surface area contributed by atoms with E-state index in [1.807, 2.05) is 43.5 Å². The summed E-state index contributed by atoms with van der Waals surface area (Å²) in [7, 11) is 1.65. The smallest absolute Gasteiger partial charge is 0.118 e. The number of para-hydroxylation sites is 1. The van der Waals surface area contributed by atoms with E-state index < -0.39 is 0 Å². The summed E-state index contributed by atoms with van der Waals surface area (Å²) in [6, 6.07) is 16.1. The number of nitrogens with two attached hydrogens (primary N) is 1. The number of thiol groups is 1. The molecule has 0 saturated heterocycles. The molecule has 22 heavy (non-hydrogen) atoms. The Morgan fingerprint density at radius 1 is 1.14 bits per heavy atom. The monoisotopic (exact) mass is 314 g/mol. The number of rotatable bonds is 3. The number of methoxy groups -OCH3 is 1. The maximum atomic E-state index is 5.76.